The average Bonchev–Trinajstić information content (AvgIpc) is 3.22. The van der Waals surface area contributed by atoms with Crippen molar-refractivity contribution in [3.8, 4) is 0 Å². The van der Waals surface area contributed by atoms with Crippen molar-refractivity contribution in [1.82, 2.24) is 24.4 Å². The molecule has 0 radical (unpaired) electrons. The minimum Gasteiger partial charge on any atom is -0.379 e. The van der Waals surface area contributed by atoms with Crippen molar-refractivity contribution in [2.75, 3.05) is 51.7 Å². The van der Waals surface area contributed by atoms with E-state index in [0.717, 1.165) is 85.1 Å². The quantitative estimate of drug-likeness (QED) is 0.504. The first kappa shape index (κ1) is 21.1. The standard InChI is InChI=1S/C22H27N5O2S2/c28-20-18-16-26(8-6-17-4-2-1-3-5-17)9-7-19(18)23-21-27(20)24-22(31-21)30-15-12-25-10-13-29-14-11-25/h1-5H,6-16H2. The molecule has 0 atom stereocenters. The van der Waals surface area contributed by atoms with Crippen molar-refractivity contribution in [2.45, 2.75) is 23.7 Å². The highest BCUT2D eigenvalue weighted by Crippen LogP contribution is 2.25. The number of hydrogen-bond acceptors (Lipinski definition) is 8. The van der Waals surface area contributed by atoms with Gasteiger partial charge >= 0.3 is 0 Å². The molecule has 0 spiro atoms. The molecule has 2 aromatic heterocycles. The van der Waals surface area contributed by atoms with Crippen LogP contribution in [-0.4, -0.2) is 76.1 Å². The van der Waals surface area contributed by atoms with Crippen LogP contribution in [0, 0.1) is 0 Å². The lowest BCUT2D eigenvalue weighted by Gasteiger charge is -2.27. The maximum absolute atomic E-state index is 13.1. The average molecular weight is 458 g/mol. The number of rotatable bonds is 7. The molecule has 0 unspecified atom stereocenters. The van der Waals surface area contributed by atoms with E-state index in [1.165, 1.54) is 21.4 Å². The molecule has 0 N–H and O–H groups in total. The van der Waals surface area contributed by atoms with Gasteiger partial charge in [-0.25, -0.2) is 4.98 Å². The summed E-state index contributed by atoms with van der Waals surface area (Å²) in [7, 11) is 0. The van der Waals surface area contributed by atoms with Crippen LogP contribution in [0.1, 0.15) is 16.8 Å². The minimum absolute atomic E-state index is 0.000639. The lowest BCUT2D eigenvalue weighted by Crippen LogP contribution is -2.37. The first-order valence-corrected chi connectivity index (χ1v) is 12.7. The number of nitrogens with zero attached hydrogens (tertiary/aromatic N) is 5. The van der Waals surface area contributed by atoms with Crippen LogP contribution in [-0.2, 0) is 24.1 Å². The fourth-order valence-electron chi connectivity index (χ4n) is 4.10. The van der Waals surface area contributed by atoms with E-state index in [0.29, 0.717) is 6.54 Å². The summed E-state index contributed by atoms with van der Waals surface area (Å²) >= 11 is 3.24. The number of fused-ring (bicyclic) bond motifs is 2. The molecule has 7 nitrogen and oxygen atoms in total. The Balaban J connectivity index is 1.24. The van der Waals surface area contributed by atoms with E-state index in [1.54, 1.807) is 11.8 Å². The Bertz CT molecular complexity index is 1080. The lowest BCUT2D eigenvalue weighted by molar-refractivity contribution is 0.0410. The fraction of sp³-hybridized carbons (Fsp3) is 0.500. The van der Waals surface area contributed by atoms with Crippen LogP contribution in [0.5, 0.6) is 0 Å². The molecule has 1 fully saturated rings. The molecule has 3 aromatic rings. The Morgan fingerprint density at radius 1 is 1.06 bits per heavy atom. The van der Waals surface area contributed by atoms with Gasteiger partial charge in [0.05, 0.1) is 24.5 Å². The molecule has 1 aromatic carbocycles. The largest absolute Gasteiger partial charge is 0.379 e. The smallest absolute Gasteiger partial charge is 0.279 e. The topological polar surface area (TPSA) is 63.0 Å². The minimum atomic E-state index is 0.000639. The number of morpholine rings is 1. The Hall–Kier alpha value is -1.78. The second-order valence-electron chi connectivity index (χ2n) is 7.97. The molecule has 5 rings (SSSR count). The molecule has 0 amide bonds. The number of thioether (sulfide) groups is 1. The Morgan fingerprint density at radius 2 is 1.90 bits per heavy atom. The molecule has 4 heterocycles. The molecule has 2 aliphatic rings. The summed E-state index contributed by atoms with van der Waals surface area (Å²) in [5.41, 5.74) is 3.10. The van der Waals surface area contributed by atoms with E-state index < -0.39 is 0 Å². The van der Waals surface area contributed by atoms with Gasteiger partial charge in [0.25, 0.3) is 5.56 Å². The molecule has 0 saturated carbocycles. The lowest BCUT2D eigenvalue weighted by atomic mass is 10.1. The molecule has 0 bridgehead atoms. The van der Waals surface area contributed by atoms with E-state index in [1.807, 2.05) is 6.07 Å². The first-order chi connectivity index (χ1) is 15.3. The second kappa shape index (κ2) is 9.79. The van der Waals surface area contributed by atoms with Crippen molar-refractivity contribution in [2.24, 2.45) is 0 Å². The summed E-state index contributed by atoms with van der Waals surface area (Å²) < 4.78 is 7.84. The highest BCUT2D eigenvalue weighted by Gasteiger charge is 2.23. The van der Waals surface area contributed by atoms with Gasteiger partial charge in [-0.1, -0.05) is 53.4 Å². The predicted molar refractivity (Wildman–Crippen MR) is 124 cm³/mol. The van der Waals surface area contributed by atoms with Gasteiger partial charge < -0.3 is 4.74 Å². The van der Waals surface area contributed by atoms with E-state index in [4.69, 9.17) is 9.72 Å². The molecule has 1 saturated heterocycles. The number of aromatic nitrogens is 3. The summed E-state index contributed by atoms with van der Waals surface area (Å²) in [6.07, 6.45) is 1.82. The number of benzene rings is 1. The summed E-state index contributed by atoms with van der Waals surface area (Å²) in [5, 5.41) is 4.58. The van der Waals surface area contributed by atoms with Gasteiger partial charge in [0.15, 0.2) is 4.34 Å². The Labute approximate surface area is 190 Å². The van der Waals surface area contributed by atoms with Crippen molar-refractivity contribution >= 4 is 28.1 Å². The van der Waals surface area contributed by atoms with Crippen LogP contribution in [0.25, 0.3) is 4.96 Å². The molecule has 164 valence electrons. The summed E-state index contributed by atoms with van der Waals surface area (Å²) in [6.45, 7) is 7.20. The highest BCUT2D eigenvalue weighted by molar-refractivity contribution is 8.01. The summed E-state index contributed by atoms with van der Waals surface area (Å²) in [5.74, 6) is 0.960. The van der Waals surface area contributed by atoms with Gasteiger partial charge in [-0.2, -0.15) is 4.52 Å². The molecule has 9 heteroatoms. The van der Waals surface area contributed by atoms with Gasteiger partial charge in [-0.3, -0.25) is 14.6 Å². The zero-order valence-corrected chi connectivity index (χ0v) is 19.2. The third-order valence-electron chi connectivity index (χ3n) is 5.91. The van der Waals surface area contributed by atoms with Crippen molar-refractivity contribution in [3.63, 3.8) is 0 Å². The van der Waals surface area contributed by atoms with Crippen molar-refractivity contribution in [1.29, 1.82) is 0 Å². The third-order valence-corrected chi connectivity index (χ3v) is 7.94. The van der Waals surface area contributed by atoms with Crippen LogP contribution in [0.4, 0.5) is 0 Å². The van der Waals surface area contributed by atoms with E-state index in [9.17, 15) is 4.79 Å². The second-order valence-corrected chi connectivity index (χ2v) is 10.3. The van der Waals surface area contributed by atoms with Gasteiger partial charge in [0.1, 0.15) is 0 Å². The van der Waals surface area contributed by atoms with Gasteiger partial charge in [0, 0.05) is 51.4 Å². The molecule has 31 heavy (non-hydrogen) atoms. The van der Waals surface area contributed by atoms with Gasteiger partial charge in [-0.05, 0) is 12.0 Å². The van der Waals surface area contributed by atoms with Crippen molar-refractivity contribution in [3.05, 3.63) is 57.5 Å². The van der Waals surface area contributed by atoms with Crippen LogP contribution in [0.15, 0.2) is 39.5 Å². The summed E-state index contributed by atoms with van der Waals surface area (Å²) in [6, 6.07) is 10.5. The maximum atomic E-state index is 13.1. The van der Waals surface area contributed by atoms with Crippen LogP contribution < -0.4 is 5.56 Å². The highest BCUT2D eigenvalue weighted by atomic mass is 32.2. The zero-order valence-electron chi connectivity index (χ0n) is 17.5. The van der Waals surface area contributed by atoms with Crippen LogP contribution in [0.2, 0.25) is 0 Å². The summed E-state index contributed by atoms with van der Waals surface area (Å²) in [4.78, 5) is 23.4. The van der Waals surface area contributed by atoms with Crippen LogP contribution >= 0.6 is 23.1 Å². The first-order valence-electron chi connectivity index (χ1n) is 10.9. The predicted octanol–water partition coefficient (Wildman–Crippen LogP) is 2.18. The van der Waals surface area contributed by atoms with Gasteiger partial charge in [-0.15, -0.1) is 5.10 Å². The normalized spacial score (nSPS) is 17.8. The molecular weight excluding hydrogens is 430 g/mol. The number of ether oxygens (including phenoxy) is 1. The fourth-order valence-corrected chi connectivity index (χ4v) is 6.12. The Kier molecular flexibility index (Phi) is 6.66. The molecular formula is C22H27N5O2S2. The van der Waals surface area contributed by atoms with Crippen molar-refractivity contribution < 1.29 is 4.74 Å². The molecule has 0 aliphatic carbocycles. The maximum Gasteiger partial charge on any atom is 0.279 e. The monoisotopic (exact) mass is 457 g/mol. The zero-order chi connectivity index (χ0) is 21.0. The number of hydrogen-bond donors (Lipinski definition) is 0. The van der Waals surface area contributed by atoms with E-state index in [-0.39, 0.29) is 5.56 Å². The third kappa shape index (κ3) is 5.01. The van der Waals surface area contributed by atoms with E-state index >= 15 is 0 Å². The Morgan fingerprint density at radius 3 is 2.74 bits per heavy atom. The van der Waals surface area contributed by atoms with Gasteiger partial charge in [0.2, 0.25) is 4.96 Å². The van der Waals surface area contributed by atoms with Crippen LogP contribution in [0.3, 0.4) is 0 Å². The van der Waals surface area contributed by atoms with E-state index in [2.05, 4.69) is 39.2 Å². The molecule has 2 aliphatic heterocycles. The SMILES string of the molecule is O=c1c2c(nc3sc(SCCN4CCOCC4)nn13)CCN(CCc1ccccc1)C2.